The summed E-state index contributed by atoms with van der Waals surface area (Å²) in [4.78, 5) is 17.9. The molecule has 0 aliphatic rings. The molecule has 30 heavy (non-hydrogen) atoms. The van der Waals surface area contributed by atoms with Crippen LogP contribution in [0.25, 0.3) is 0 Å². The predicted octanol–water partition coefficient (Wildman–Crippen LogP) is 4.06. The highest BCUT2D eigenvalue weighted by molar-refractivity contribution is 14.0. The summed E-state index contributed by atoms with van der Waals surface area (Å²) in [5, 5.41) is 9.29. The van der Waals surface area contributed by atoms with Crippen LogP contribution < -0.4 is 20.9 Å². The molecule has 0 aromatic heterocycles. The smallest absolute Gasteiger partial charge is 0.411 e. The van der Waals surface area contributed by atoms with Crippen molar-refractivity contribution in [1.82, 2.24) is 10.6 Å². The molecule has 0 saturated heterocycles. The van der Waals surface area contributed by atoms with E-state index in [1.807, 2.05) is 30.3 Å². The van der Waals surface area contributed by atoms with Gasteiger partial charge in [-0.3, -0.25) is 10.3 Å². The molecule has 0 spiro atoms. The summed E-state index contributed by atoms with van der Waals surface area (Å²) in [7, 11) is 3.11. The Labute approximate surface area is 196 Å². The molecule has 0 atom stereocenters. The van der Waals surface area contributed by atoms with Crippen molar-refractivity contribution in [2.75, 3.05) is 44.0 Å². The predicted molar refractivity (Wildman–Crippen MR) is 135 cm³/mol. The van der Waals surface area contributed by atoms with Crippen molar-refractivity contribution in [3.05, 3.63) is 60.2 Å². The number of amides is 1. The number of rotatable bonds is 9. The zero-order valence-electron chi connectivity index (χ0n) is 17.9. The Bertz CT molecular complexity index is 769. The molecular formula is C22H32IN5O2. The number of methoxy groups -OCH3 is 1. The molecule has 3 N–H and O–H groups in total. The maximum Gasteiger partial charge on any atom is 0.411 e. The van der Waals surface area contributed by atoms with Crippen molar-refractivity contribution in [1.29, 1.82) is 0 Å². The Hall–Kier alpha value is -2.49. The van der Waals surface area contributed by atoms with Crippen LogP contribution in [0, 0.1) is 0 Å². The Morgan fingerprint density at radius 1 is 1.07 bits per heavy atom. The van der Waals surface area contributed by atoms with Crippen molar-refractivity contribution in [2.24, 2.45) is 4.99 Å². The van der Waals surface area contributed by atoms with Crippen molar-refractivity contribution < 1.29 is 9.53 Å². The molecule has 0 fully saturated rings. The minimum absolute atomic E-state index is 0. The Kier molecular flexibility index (Phi) is 12.3. The summed E-state index contributed by atoms with van der Waals surface area (Å²) >= 11 is 0. The number of aliphatic imine (C=N–C) groups is 1. The average molecular weight is 525 g/mol. The molecule has 2 rings (SSSR count). The van der Waals surface area contributed by atoms with E-state index < -0.39 is 6.09 Å². The van der Waals surface area contributed by atoms with E-state index in [0.29, 0.717) is 12.2 Å². The molecule has 0 aliphatic carbocycles. The van der Waals surface area contributed by atoms with Crippen LogP contribution >= 0.6 is 24.0 Å². The number of guanidine groups is 1. The number of hydrogen-bond donors (Lipinski definition) is 3. The molecule has 0 saturated carbocycles. The lowest BCUT2D eigenvalue weighted by molar-refractivity contribution is 0.187. The van der Waals surface area contributed by atoms with Gasteiger partial charge in [0.2, 0.25) is 0 Å². The molecule has 2 aromatic carbocycles. The van der Waals surface area contributed by atoms with Gasteiger partial charge in [-0.15, -0.1) is 24.0 Å². The van der Waals surface area contributed by atoms with E-state index in [-0.39, 0.29) is 24.0 Å². The summed E-state index contributed by atoms with van der Waals surface area (Å²) < 4.78 is 4.58. The zero-order valence-corrected chi connectivity index (χ0v) is 20.2. The Morgan fingerprint density at radius 2 is 1.77 bits per heavy atom. The van der Waals surface area contributed by atoms with Crippen molar-refractivity contribution in [3.63, 3.8) is 0 Å². The Morgan fingerprint density at radius 3 is 2.37 bits per heavy atom. The molecule has 1 amide bonds. The largest absolute Gasteiger partial charge is 0.453 e. The molecule has 8 heteroatoms. The quantitative estimate of drug-likeness (QED) is 0.199. The van der Waals surface area contributed by atoms with Gasteiger partial charge in [0.25, 0.3) is 0 Å². The number of carbonyl (C=O) groups excluding carboxylic acids is 1. The lowest BCUT2D eigenvalue weighted by atomic mass is 10.2. The monoisotopic (exact) mass is 525 g/mol. The van der Waals surface area contributed by atoms with Gasteiger partial charge < -0.3 is 20.3 Å². The standard InChI is InChI=1S/C22H31N5O2.HI/c1-4-27(20-9-6-5-7-10-20)16-8-15-24-21(23-2)25-17-18-11-13-19(14-12-18)26-22(28)29-3;/h5-7,9-14H,4,8,15-17H2,1-3H3,(H,26,28)(H2,23,24,25);1H. The number of benzene rings is 2. The third kappa shape index (κ3) is 8.89. The van der Waals surface area contributed by atoms with Crippen LogP contribution in [0.15, 0.2) is 59.6 Å². The fraction of sp³-hybridized carbons (Fsp3) is 0.364. The number of carbonyl (C=O) groups is 1. The van der Waals surface area contributed by atoms with E-state index in [2.05, 4.69) is 61.8 Å². The topological polar surface area (TPSA) is 78.0 Å². The lowest BCUT2D eigenvalue weighted by Gasteiger charge is -2.23. The highest BCUT2D eigenvalue weighted by Gasteiger charge is 2.04. The van der Waals surface area contributed by atoms with Crippen molar-refractivity contribution in [3.8, 4) is 0 Å². The number of ether oxygens (including phenoxy) is 1. The van der Waals surface area contributed by atoms with Gasteiger partial charge >= 0.3 is 6.09 Å². The number of hydrogen-bond acceptors (Lipinski definition) is 4. The lowest BCUT2D eigenvalue weighted by Crippen LogP contribution is -2.38. The van der Waals surface area contributed by atoms with Gasteiger partial charge in [-0.1, -0.05) is 30.3 Å². The molecule has 0 aliphatic heterocycles. The van der Waals surface area contributed by atoms with E-state index in [9.17, 15) is 4.79 Å². The minimum Gasteiger partial charge on any atom is -0.453 e. The van der Waals surface area contributed by atoms with Crippen LogP contribution in [-0.2, 0) is 11.3 Å². The van der Waals surface area contributed by atoms with Crippen LogP contribution in [0.5, 0.6) is 0 Å². The third-order valence-electron chi connectivity index (χ3n) is 4.47. The van der Waals surface area contributed by atoms with Gasteiger partial charge in [-0.05, 0) is 43.2 Å². The van der Waals surface area contributed by atoms with Crippen LogP contribution in [0.1, 0.15) is 18.9 Å². The number of para-hydroxylation sites is 1. The van der Waals surface area contributed by atoms with Gasteiger partial charge in [-0.2, -0.15) is 0 Å². The van der Waals surface area contributed by atoms with Gasteiger partial charge in [-0.25, -0.2) is 4.79 Å². The molecule has 7 nitrogen and oxygen atoms in total. The number of nitrogens with one attached hydrogen (secondary N) is 3. The molecule has 0 unspecified atom stereocenters. The summed E-state index contributed by atoms with van der Waals surface area (Å²) in [6.45, 7) is 5.62. The molecule has 0 radical (unpaired) electrons. The second kappa shape index (κ2) is 14.5. The Balaban J connectivity index is 0.00000450. The number of nitrogens with zero attached hydrogens (tertiary/aromatic N) is 2. The van der Waals surface area contributed by atoms with Gasteiger partial charge in [0.05, 0.1) is 7.11 Å². The fourth-order valence-electron chi connectivity index (χ4n) is 2.87. The van der Waals surface area contributed by atoms with E-state index >= 15 is 0 Å². The molecule has 0 heterocycles. The minimum atomic E-state index is -0.477. The van der Waals surface area contributed by atoms with Gasteiger partial charge in [0.15, 0.2) is 5.96 Å². The van der Waals surface area contributed by atoms with E-state index in [4.69, 9.17) is 0 Å². The molecular weight excluding hydrogens is 493 g/mol. The third-order valence-corrected chi connectivity index (χ3v) is 4.47. The van der Waals surface area contributed by atoms with Crippen LogP contribution in [0.4, 0.5) is 16.2 Å². The normalized spacial score (nSPS) is 10.6. The second-order valence-corrected chi connectivity index (χ2v) is 6.43. The van der Waals surface area contributed by atoms with Gasteiger partial charge in [0, 0.05) is 44.6 Å². The maximum atomic E-state index is 11.2. The SMILES string of the molecule is CCN(CCCNC(=NC)NCc1ccc(NC(=O)OC)cc1)c1ccccc1.I. The van der Waals surface area contributed by atoms with Crippen molar-refractivity contribution in [2.45, 2.75) is 19.9 Å². The average Bonchev–Trinajstić information content (AvgIpc) is 2.77. The molecule has 2 aromatic rings. The van der Waals surface area contributed by atoms with Crippen LogP contribution in [0.3, 0.4) is 0 Å². The van der Waals surface area contributed by atoms with Gasteiger partial charge in [0.1, 0.15) is 0 Å². The summed E-state index contributed by atoms with van der Waals surface area (Å²) in [5.41, 5.74) is 3.04. The highest BCUT2D eigenvalue weighted by atomic mass is 127. The van der Waals surface area contributed by atoms with Crippen LogP contribution in [-0.4, -0.2) is 45.8 Å². The van der Waals surface area contributed by atoms with E-state index in [1.165, 1.54) is 12.8 Å². The number of anilines is 2. The van der Waals surface area contributed by atoms with Crippen molar-refractivity contribution >= 4 is 47.4 Å². The van der Waals surface area contributed by atoms with E-state index in [1.54, 1.807) is 7.05 Å². The fourth-order valence-corrected chi connectivity index (χ4v) is 2.87. The molecule has 0 bridgehead atoms. The molecule has 164 valence electrons. The number of halogens is 1. The first-order valence-corrected chi connectivity index (χ1v) is 9.84. The maximum absolute atomic E-state index is 11.2. The van der Waals surface area contributed by atoms with Crippen LogP contribution in [0.2, 0.25) is 0 Å². The summed E-state index contributed by atoms with van der Waals surface area (Å²) in [6, 6.07) is 18.0. The first-order chi connectivity index (χ1) is 14.2. The summed E-state index contributed by atoms with van der Waals surface area (Å²) in [5.74, 6) is 0.768. The van der Waals surface area contributed by atoms with E-state index in [0.717, 1.165) is 37.6 Å². The first-order valence-electron chi connectivity index (χ1n) is 9.84. The zero-order chi connectivity index (χ0) is 20.9. The summed E-state index contributed by atoms with van der Waals surface area (Å²) in [6.07, 6.45) is 0.534. The highest BCUT2D eigenvalue weighted by Crippen LogP contribution is 2.13. The second-order valence-electron chi connectivity index (χ2n) is 6.43. The first kappa shape index (κ1) is 25.5.